The van der Waals surface area contributed by atoms with Gasteiger partial charge in [-0.15, -0.1) is 0 Å². The molecule has 80 valence electrons. The van der Waals surface area contributed by atoms with Crippen molar-refractivity contribution >= 4 is 5.97 Å². The zero-order chi connectivity index (χ0) is 10.1. The lowest BCUT2D eigenvalue weighted by Crippen LogP contribution is -2.48. The molecule has 14 heavy (non-hydrogen) atoms. The van der Waals surface area contributed by atoms with Crippen LogP contribution in [0.2, 0.25) is 0 Å². The van der Waals surface area contributed by atoms with Gasteiger partial charge < -0.3 is 15.2 Å². The van der Waals surface area contributed by atoms with Gasteiger partial charge in [-0.25, -0.2) is 0 Å². The quantitative estimate of drug-likeness (QED) is 0.656. The Kier molecular flexibility index (Phi) is 2.74. The molecule has 2 fully saturated rings. The summed E-state index contributed by atoms with van der Waals surface area (Å²) in [5.74, 6) is -0.431. The Labute approximate surface area is 83.7 Å². The minimum absolute atomic E-state index is 0.00259. The van der Waals surface area contributed by atoms with Crippen LogP contribution in [0.5, 0.6) is 0 Å². The fourth-order valence-electron chi connectivity index (χ4n) is 2.46. The van der Waals surface area contributed by atoms with Crippen molar-refractivity contribution in [1.82, 2.24) is 0 Å². The fourth-order valence-corrected chi connectivity index (χ4v) is 2.46. The molecule has 0 radical (unpaired) electrons. The van der Waals surface area contributed by atoms with Crippen LogP contribution < -0.4 is 5.73 Å². The second-order valence-corrected chi connectivity index (χ2v) is 4.05. The third-order valence-corrected chi connectivity index (χ3v) is 3.10. The van der Waals surface area contributed by atoms with Crippen molar-refractivity contribution in [3.05, 3.63) is 0 Å². The number of esters is 1. The van der Waals surface area contributed by atoms with Crippen LogP contribution in [0.15, 0.2) is 0 Å². The summed E-state index contributed by atoms with van der Waals surface area (Å²) in [6, 6.07) is -0.0831. The molecule has 2 N–H and O–H groups in total. The zero-order valence-electron chi connectivity index (χ0n) is 8.44. The van der Waals surface area contributed by atoms with Crippen molar-refractivity contribution in [2.75, 3.05) is 6.61 Å². The maximum Gasteiger partial charge on any atom is 0.313 e. The average molecular weight is 199 g/mol. The van der Waals surface area contributed by atoms with Gasteiger partial charge in [0, 0.05) is 6.04 Å². The van der Waals surface area contributed by atoms with E-state index in [1.807, 2.05) is 6.92 Å². The van der Waals surface area contributed by atoms with Gasteiger partial charge >= 0.3 is 5.97 Å². The lowest BCUT2D eigenvalue weighted by molar-refractivity contribution is -0.158. The van der Waals surface area contributed by atoms with Gasteiger partial charge in [-0.2, -0.15) is 0 Å². The summed E-state index contributed by atoms with van der Waals surface area (Å²) >= 11 is 0. The minimum atomic E-state index is -0.242. The van der Waals surface area contributed by atoms with E-state index in [1.165, 1.54) is 0 Å². The van der Waals surface area contributed by atoms with Crippen molar-refractivity contribution in [2.24, 2.45) is 11.7 Å². The number of hydrogen-bond donors (Lipinski definition) is 1. The van der Waals surface area contributed by atoms with Crippen LogP contribution >= 0.6 is 0 Å². The number of hydrogen-bond acceptors (Lipinski definition) is 4. The lowest BCUT2D eigenvalue weighted by Gasteiger charge is -2.32. The Morgan fingerprint density at radius 1 is 1.57 bits per heavy atom. The fraction of sp³-hybridized carbons (Fsp3) is 0.900. The van der Waals surface area contributed by atoms with Crippen molar-refractivity contribution in [3.63, 3.8) is 0 Å². The van der Waals surface area contributed by atoms with Gasteiger partial charge in [0.25, 0.3) is 0 Å². The molecule has 0 amide bonds. The number of rotatable bonds is 2. The summed E-state index contributed by atoms with van der Waals surface area (Å²) < 4.78 is 10.7. The van der Waals surface area contributed by atoms with Crippen LogP contribution in [-0.2, 0) is 14.3 Å². The Bertz CT molecular complexity index is 231. The molecule has 2 bridgehead atoms. The molecule has 2 rings (SSSR count). The van der Waals surface area contributed by atoms with Gasteiger partial charge in [0.1, 0.15) is 0 Å². The molecule has 2 heterocycles. The largest absolute Gasteiger partial charge is 0.466 e. The minimum Gasteiger partial charge on any atom is -0.466 e. The topological polar surface area (TPSA) is 61.5 Å². The maximum atomic E-state index is 11.6. The van der Waals surface area contributed by atoms with Crippen LogP contribution in [0.1, 0.15) is 26.2 Å². The van der Waals surface area contributed by atoms with E-state index in [-0.39, 0.29) is 30.1 Å². The highest BCUT2D eigenvalue weighted by Gasteiger charge is 2.45. The molecule has 2 saturated heterocycles. The van der Waals surface area contributed by atoms with Gasteiger partial charge in [0.15, 0.2) is 0 Å². The highest BCUT2D eigenvalue weighted by molar-refractivity contribution is 5.74. The van der Waals surface area contributed by atoms with Crippen LogP contribution in [0.25, 0.3) is 0 Å². The molecule has 4 unspecified atom stereocenters. The zero-order valence-corrected chi connectivity index (χ0v) is 8.44. The summed E-state index contributed by atoms with van der Waals surface area (Å²) in [7, 11) is 0. The van der Waals surface area contributed by atoms with Crippen LogP contribution in [0.4, 0.5) is 0 Å². The smallest absolute Gasteiger partial charge is 0.313 e. The first kappa shape index (κ1) is 9.93. The van der Waals surface area contributed by atoms with Gasteiger partial charge in [-0.05, 0) is 26.2 Å². The van der Waals surface area contributed by atoms with E-state index in [0.717, 1.165) is 19.3 Å². The van der Waals surface area contributed by atoms with Crippen LogP contribution in [0.3, 0.4) is 0 Å². The standard InChI is InChI=1S/C10H17NO3/c1-2-13-10(12)9-7(11)5-6-3-4-8(9)14-6/h6-9H,2-5,11H2,1H3. The Hall–Kier alpha value is -0.610. The maximum absolute atomic E-state index is 11.6. The van der Waals surface area contributed by atoms with E-state index in [1.54, 1.807) is 0 Å². The van der Waals surface area contributed by atoms with E-state index >= 15 is 0 Å². The number of ether oxygens (including phenoxy) is 2. The molecule has 4 atom stereocenters. The van der Waals surface area contributed by atoms with Gasteiger partial charge in [-0.1, -0.05) is 0 Å². The van der Waals surface area contributed by atoms with E-state index in [2.05, 4.69) is 0 Å². The van der Waals surface area contributed by atoms with E-state index in [4.69, 9.17) is 15.2 Å². The predicted octanol–water partition coefficient (Wildman–Crippen LogP) is 0.444. The van der Waals surface area contributed by atoms with Gasteiger partial charge in [-0.3, -0.25) is 4.79 Å². The molecular weight excluding hydrogens is 182 g/mol. The summed E-state index contributed by atoms with van der Waals surface area (Å²) in [4.78, 5) is 11.6. The van der Waals surface area contributed by atoms with Crippen molar-refractivity contribution < 1.29 is 14.3 Å². The molecule has 2 aliphatic heterocycles. The van der Waals surface area contributed by atoms with Crippen LogP contribution in [0, 0.1) is 5.92 Å². The van der Waals surface area contributed by atoms with E-state index in [9.17, 15) is 4.79 Å². The van der Waals surface area contributed by atoms with Gasteiger partial charge in [0.2, 0.25) is 0 Å². The third kappa shape index (κ3) is 1.64. The van der Waals surface area contributed by atoms with E-state index < -0.39 is 0 Å². The first-order chi connectivity index (χ1) is 6.72. The normalized spacial score (nSPS) is 41.0. The molecule has 0 aromatic heterocycles. The number of carbonyl (C=O) groups excluding carboxylic acids is 1. The second kappa shape index (κ2) is 3.87. The van der Waals surface area contributed by atoms with Crippen molar-refractivity contribution in [3.8, 4) is 0 Å². The molecule has 4 nitrogen and oxygen atoms in total. The monoisotopic (exact) mass is 199 g/mol. The Morgan fingerprint density at radius 2 is 2.36 bits per heavy atom. The molecule has 0 aromatic rings. The van der Waals surface area contributed by atoms with Gasteiger partial charge in [0.05, 0.1) is 24.7 Å². The highest BCUT2D eigenvalue weighted by Crippen LogP contribution is 2.36. The highest BCUT2D eigenvalue weighted by atomic mass is 16.5. The molecular formula is C10H17NO3. The van der Waals surface area contributed by atoms with Crippen molar-refractivity contribution in [1.29, 1.82) is 0 Å². The van der Waals surface area contributed by atoms with E-state index in [0.29, 0.717) is 6.61 Å². The molecule has 2 aliphatic rings. The number of fused-ring (bicyclic) bond motifs is 2. The molecule has 0 aromatic carbocycles. The van der Waals surface area contributed by atoms with Crippen LogP contribution in [-0.4, -0.2) is 30.8 Å². The predicted molar refractivity (Wildman–Crippen MR) is 50.6 cm³/mol. The summed E-state index contributed by atoms with van der Waals surface area (Å²) in [6.07, 6.45) is 3.05. The number of nitrogens with two attached hydrogens (primary N) is 1. The molecule has 0 saturated carbocycles. The molecule has 0 aliphatic carbocycles. The Morgan fingerprint density at radius 3 is 3.07 bits per heavy atom. The Balaban J connectivity index is 2.05. The van der Waals surface area contributed by atoms with Crippen molar-refractivity contribution in [2.45, 2.75) is 44.4 Å². The second-order valence-electron chi connectivity index (χ2n) is 4.05. The SMILES string of the molecule is CCOC(=O)C1C(N)CC2CCC1O2. The summed E-state index contributed by atoms with van der Waals surface area (Å²) in [5, 5.41) is 0. The molecule has 0 spiro atoms. The summed E-state index contributed by atoms with van der Waals surface area (Å²) in [5.41, 5.74) is 5.95. The summed E-state index contributed by atoms with van der Waals surface area (Å²) in [6.45, 7) is 2.22. The lowest BCUT2D eigenvalue weighted by atomic mass is 9.91. The average Bonchev–Trinajstić information content (AvgIpc) is 2.48. The number of carbonyl (C=O) groups is 1. The first-order valence-electron chi connectivity index (χ1n) is 5.30. The third-order valence-electron chi connectivity index (χ3n) is 3.10. The molecule has 4 heteroatoms. The first-order valence-corrected chi connectivity index (χ1v) is 5.30.